The number of carbonyl (C=O) groups is 1. The van der Waals surface area contributed by atoms with Gasteiger partial charge in [0.05, 0.1) is 15.6 Å². The average molecular weight is 331 g/mol. The van der Waals surface area contributed by atoms with Crippen LogP contribution in [-0.2, 0) is 14.6 Å². The third-order valence-corrected chi connectivity index (χ3v) is 5.42. The third-order valence-electron chi connectivity index (χ3n) is 3.88. The fraction of sp³-hybridized carbons (Fsp3) is 0.500. The maximum atomic E-state index is 11.7. The van der Waals surface area contributed by atoms with E-state index in [0.717, 1.165) is 5.69 Å². The van der Waals surface area contributed by atoms with Gasteiger partial charge in [-0.1, -0.05) is 11.6 Å². The number of primary amides is 1. The van der Waals surface area contributed by atoms with Crippen molar-refractivity contribution in [3.8, 4) is 0 Å². The molecule has 5 nitrogen and oxygen atoms in total. The van der Waals surface area contributed by atoms with Crippen LogP contribution in [0, 0.1) is 12.8 Å². The molecule has 7 heteroatoms. The summed E-state index contributed by atoms with van der Waals surface area (Å²) in [5.74, 6) is -0.347. The number of benzene rings is 1. The third kappa shape index (κ3) is 3.49. The standard InChI is InChI=1S/C14H19ClN2O3S/c1-9-7-12(11(15)8-13(9)21(2,19)20)17-5-3-10(4-6-17)14(16)18/h7-8,10H,3-6H2,1-2H3,(H2,16,18). The van der Waals surface area contributed by atoms with Gasteiger partial charge in [-0.25, -0.2) is 8.42 Å². The molecule has 0 radical (unpaired) electrons. The van der Waals surface area contributed by atoms with Gasteiger partial charge in [0.15, 0.2) is 9.84 Å². The number of nitrogens with zero attached hydrogens (tertiary/aromatic N) is 1. The zero-order valence-corrected chi connectivity index (χ0v) is 13.7. The van der Waals surface area contributed by atoms with Crippen molar-refractivity contribution in [2.75, 3.05) is 24.2 Å². The van der Waals surface area contributed by atoms with Gasteiger partial charge in [-0.3, -0.25) is 4.79 Å². The van der Waals surface area contributed by atoms with E-state index in [9.17, 15) is 13.2 Å². The highest BCUT2D eigenvalue weighted by molar-refractivity contribution is 7.90. The highest BCUT2D eigenvalue weighted by atomic mass is 35.5. The topological polar surface area (TPSA) is 80.5 Å². The minimum atomic E-state index is -3.29. The summed E-state index contributed by atoms with van der Waals surface area (Å²) < 4.78 is 23.4. The molecule has 1 aliphatic rings. The smallest absolute Gasteiger partial charge is 0.220 e. The summed E-state index contributed by atoms with van der Waals surface area (Å²) in [6, 6.07) is 3.30. The molecular weight excluding hydrogens is 312 g/mol. The Kier molecular flexibility index (Phi) is 4.49. The molecule has 0 aliphatic carbocycles. The van der Waals surface area contributed by atoms with Crippen molar-refractivity contribution >= 4 is 33.0 Å². The summed E-state index contributed by atoms with van der Waals surface area (Å²) in [4.78, 5) is 13.5. The van der Waals surface area contributed by atoms with Crippen LogP contribution in [-0.4, -0.2) is 33.7 Å². The van der Waals surface area contributed by atoms with E-state index in [1.54, 1.807) is 13.0 Å². The van der Waals surface area contributed by atoms with E-state index in [0.29, 0.717) is 36.5 Å². The van der Waals surface area contributed by atoms with E-state index < -0.39 is 9.84 Å². The van der Waals surface area contributed by atoms with Gasteiger partial charge < -0.3 is 10.6 Å². The molecule has 116 valence electrons. The summed E-state index contributed by atoms with van der Waals surface area (Å²) in [6.07, 6.45) is 2.56. The molecule has 0 saturated carbocycles. The lowest BCUT2D eigenvalue weighted by molar-refractivity contribution is -0.122. The monoisotopic (exact) mass is 330 g/mol. The van der Waals surface area contributed by atoms with Crippen molar-refractivity contribution in [1.29, 1.82) is 0 Å². The lowest BCUT2D eigenvalue weighted by Crippen LogP contribution is -2.38. The number of hydrogen-bond donors (Lipinski definition) is 1. The SMILES string of the molecule is Cc1cc(N2CCC(C(N)=O)CC2)c(Cl)cc1S(C)(=O)=O. The number of carbonyl (C=O) groups excluding carboxylic acids is 1. The van der Waals surface area contributed by atoms with Gasteiger partial charge in [0.2, 0.25) is 5.91 Å². The minimum absolute atomic E-state index is 0.0867. The van der Waals surface area contributed by atoms with E-state index in [2.05, 4.69) is 4.90 Å². The molecule has 0 aromatic heterocycles. The molecule has 1 fully saturated rings. The summed E-state index contributed by atoms with van der Waals surface area (Å²) in [7, 11) is -3.29. The second-order valence-corrected chi connectivity index (χ2v) is 7.90. The molecule has 0 spiro atoms. The Hall–Kier alpha value is -1.27. The Morgan fingerprint density at radius 1 is 1.33 bits per heavy atom. The second kappa shape index (κ2) is 5.85. The number of halogens is 1. The largest absolute Gasteiger partial charge is 0.370 e. The summed E-state index contributed by atoms with van der Waals surface area (Å²) >= 11 is 6.24. The minimum Gasteiger partial charge on any atom is -0.370 e. The molecule has 0 bridgehead atoms. The van der Waals surface area contributed by atoms with E-state index in [1.807, 2.05) is 0 Å². The van der Waals surface area contributed by atoms with Gasteiger partial charge in [0.1, 0.15) is 0 Å². The van der Waals surface area contributed by atoms with Crippen LogP contribution in [0.2, 0.25) is 5.02 Å². The molecule has 1 saturated heterocycles. The molecule has 21 heavy (non-hydrogen) atoms. The van der Waals surface area contributed by atoms with Crippen molar-refractivity contribution in [3.05, 3.63) is 22.7 Å². The number of sulfone groups is 1. The average Bonchev–Trinajstić information content (AvgIpc) is 2.40. The van der Waals surface area contributed by atoms with Crippen molar-refractivity contribution in [2.45, 2.75) is 24.7 Å². The number of nitrogens with two attached hydrogens (primary N) is 1. The summed E-state index contributed by atoms with van der Waals surface area (Å²) in [5, 5.41) is 0.415. The Morgan fingerprint density at radius 2 is 1.90 bits per heavy atom. The van der Waals surface area contributed by atoms with Crippen LogP contribution in [0.1, 0.15) is 18.4 Å². The number of hydrogen-bond acceptors (Lipinski definition) is 4. The fourth-order valence-corrected chi connectivity index (χ4v) is 4.02. The Labute approximate surface area is 130 Å². The van der Waals surface area contributed by atoms with Crippen LogP contribution in [0.25, 0.3) is 0 Å². The first-order valence-electron chi connectivity index (χ1n) is 6.74. The van der Waals surface area contributed by atoms with E-state index >= 15 is 0 Å². The molecule has 2 rings (SSSR count). The molecule has 2 N–H and O–H groups in total. The molecule has 1 heterocycles. The number of anilines is 1. The van der Waals surface area contributed by atoms with Crippen molar-refractivity contribution < 1.29 is 13.2 Å². The lowest BCUT2D eigenvalue weighted by atomic mass is 9.96. The molecule has 1 aromatic rings. The van der Waals surface area contributed by atoms with Crippen LogP contribution < -0.4 is 10.6 Å². The van der Waals surface area contributed by atoms with E-state index in [-0.39, 0.29) is 16.7 Å². The van der Waals surface area contributed by atoms with Crippen molar-refractivity contribution in [3.63, 3.8) is 0 Å². The first-order chi connectivity index (χ1) is 9.70. The maximum absolute atomic E-state index is 11.7. The first-order valence-corrected chi connectivity index (χ1v) is 9.01. The molecule has 1 aliphatic heterocycles. The molecule has 1 aromatic carbocycles. The zero-order chi connectivity index (χ0) is 15.8. The summed E-state index contributed by atoms with van der Waals surface area (Å²) in [6.45, 7) is 3.13. The van der Waals surface area contributed by atoms with Gasteiger partial charge in [0, 0.05) is 25.3 Å². The number of rotatable bonds is 3. The quantitative estimate of drug-likeness (QED) is 0.915. The molecule has 1 amide bonds. The Morgan fingerprint density at radius 3 is 2.38 bits per heavy atom. The first kappa shape index (κ1) is 16.1. The number of amides is 1. The molecule has 0 unspecified atom stereocenters. The number of piperidine rings is 1. The van der Waals surface area contributed by atoms with Gasteiger partial charge in [-0.2, -0.15) is 0 Å². The fourth-order valence-electron chi connectivity index (χ4n) is 2.69. The molecule has 0 atom stereocenters. The van der Waals surface area contributed by atoms with Crippen LogP contribution >= 0.6 is 11.6 Å². The highest BCUT2D eigenvalue weighted by Crippen LogP contribution is 2.33. The van der Waals surface area contributed by atoms with Crippen LogP contribution in [0.3, 0.4) is 0 Å². The predicted octanol–water partition coefficient (Wildman–Crippen LogP) is 1.75. The van der Waals surface area contributed by atoms with E-state index in [4.69, 9.17) is 17.3 Å². The molecular formula is C14H19ClN2O3S. The van der Waals surface area contributed by atoms with Crippen molar-refractivity contribution in [1.82, 2.24) is 0 Å². The van der Waals surface area contributed by atoms with Gasteiger partial charge in [0.25, 0.3) is 0 Å². The Bertz CT molecular complexity index is 665. The van der Waals surface area contributed by atoms with Crippen LogP contribution in [0.4, 0.5) is 5.69 Å². The summed E-state index contributed by atoms with van der Waals surface area (Å²) in [5.41, 5.74) is 6.81. The van der Waals surface area contributed by atoms with Crippen LogP contribution in [0.15, 0.2) is 17.0 Å². The highest BCUT2D eigenvalue weighted by Gasteiger charge is 2.25. The number of aryl methyl sites for hydroxylation is 1. The van der Waals surface area contributed by atoms with Crippen LogP contribution in [0.5, 0.6) is 0 Å². The van der Waals surface area contributed by atoms with Gasteiger partial charge >= 0.3 is 0 Å². The van der Waals surface area contributed by atoms with Crippen molar-refractivity contribution in [2.24, 2.45) is 11.7 Å². The lowest BCUT2D eigenvalue weighted by Gasteiger charge is -2.33. The zero-order valence-electron chi connectivity index (χ0n) is 12.1. The predicted molar refractivity (Wildman–Crippen MR) is 83.4 cm³/mol. The van der Waals surface area contributed by atoms with E-state index in [1.165, 1.54) is 12.3 Å². The maximum Gasteiger partial charge on any atom is 0.220 e. The second-order valence-electron chi connectivity index (χ2n) is 5.50. The van der Waals surface area contributed by atoms with Gasteiger partial charge in [-0.05, 0) is 37.5 Å². The normalized spacial score (nSPS) is 17.0. The van der Waals surface area contributed by atoms with Gasteiger partial charge in [-0.15, -0.1) is 0 Å². The Balaban J connectivity index is 2.27.